The van der Waals surface area contributed by atoms with Crippen molar-refractivity contribution in [2.75, 3.05) is 20.1 Å². The summed E-state index contributed by atoms with van der Waals surface area (Å²) in [6.07, 6.45) is 3.97. The molecule has 2 aromatic rings. The van der Waals surface area contributed by atoms with E-state index in [0.29, 0.717) is 42.2 Å². The number of halogens is 1. The van der Waals surface area contributed by atoms with Crippen molar-refractivity contribution in [3.8, 4) is 0 Å². The van der Waals surface area contributed by atoms with E-state index in [2.05, 4.69) is 22.4 Å². The van der Waals surface area contributed by atoms with Crippen molar-refractivity contribution in [3.05, 3.63) is 41.5 Å². The van der Waals surface area contributed by atoms with Crippen molar-refractivity contribution < 1.29 is 12.9 Å². The molecule has 1 aromatic heterocycles. The van der Waals surface area contributed by atoms with Crippen LogP contribution in [0, 0.1) is 0 Å². The van der Waals surface area contributed by atoms with Gasteiger partial charge in [-0.25, -0.2) is 8.42 Å². The summed E-state index contributed by atoms with van der Waals surface area (Å²) in [5.74, 6) is 1.31. The molecule has 1 N–H and O–H groups in total. The lowest BCUT2D eigenvalue weighted by Gasteiger charge is -2.15. The third kappa shape index (κ3) is 5.51. The third-order valence-corrected chi connectivity index (χ3v) is 6.66. The molecule has 0 aliphatic carbocycles. The predicted octanol–water partition coefficient (Wildman–Crippen LogP) is 2.21. The van der Waals surface area contributed by atoms with E-state index < -0.39 is 10.0 Å². The summed E-state index contributed by atoms with van der Waals surface area (Å²) in [6, 6.07) is 7.41. The fourth-order valence-electron chi connectivity index (χ4n) is 3.01. The Labute approximate surface area is 167 Å². The summed E-state index contributed by atoms with van der Waals surface area (Å²) in [6.45, 7) is 3.30. The molecule has 0 saturated carbocycles. The maximum Gasteiger partial charge on any atom is 0.243 e. The Bertz CT molecular complexity index is 817. The maximum atomic E-state index is 12.5. The summed E-state index contributed by atoms with van der Waals surface area (Å²) < 4.78 is 31.9. The molecule has 3 rings (SSSR count). The summed E-state index contributed by atoms with van der Waals surface area (Å²) in [5, 5.41) is 7.14. The van der Waals surface area contributed by atoms with Crippen LogP contribution in [0.2, 0.25) is 0 Å². The quantitative estimate of drug-likeness (QED) is 0.712. The molecule has 9 heteroatoms. The van der Waals surface area contributed by atoms with Crippen molar-refractivity contribution in [2.24, 2.45) is 0 Å². The highest BCUT2D eigenvalue weighted by molar-refractivity contribution is 7.89. The van der Waals surface area contributed by atoms with Crippen molar-refractivity contribution in [3.63, 3.8) is 0 Å². The molecule has 7 nitrogen and oxygen atoms in total. The Balaban J connectivity index is 0.00000261. The number of aryl methyl sites for hydroxylation is 2. The maximum absolute atomic E-state index is 12.5. The van der Waals surface area contributed by atoms with Crippen LogP contribution < -0.4 is 5.32 Å². The summed E-state index contributed by atoms with van der Waals surface area (Å²) in [5.41, 5.74) is 1.05. The zero-order valence-electron chi connectivity index (χ0n) is 15.7. The second-order valence-electron chi connectivity index (χ2n) is 6.75. The molecule has 0 bridgehead atoms. The number of sulfonamides is 1. The van der Waals surface area contributed by atoms with Gasteiger partial charge in [0.1, 0.15) is 0 Å². The van der Waals surface area contributed by atoms with E-state index in [4.69, 9.17) is 4.52 Å². The summed E-state index contributed by atoms with van der Waals surface area (Å²) in [4.78, 5) is 4.77. The normalized spacial score (nSPS) is 16.2. The minimum absolute atomic E-state index is 0. The number of benzene rings is 1. The molecule has 0 amide bonds. The number of hydrogen-bond acceptors (Lipinski definition) is 6. The van der Waals surface area contributed by atoms with Gasteiger partial charge in [0.05, 0.1) is 4.90 Å². The van der Waals surface area contributed by atoms with Crippen LogP contribution in [0.25, 0.3) is 0 Å². The molecule has 0 radical (unpaired) electrons. The fraction of sp³-hybridized carbons (Fsp3) is 0.556. The van der Waals surface area contributed by atoms with E-state index in [1.165, 1.54) is 0 Å². The van der Waals surface area contributed by atoms with Gasteiger partial charge < -0.3 is 9.84 Å². The fourth-order valence-corrected chi connectivity index (χ4v) is 4.52. The van der Waals surface area contributed by atoms with Gasteiger partial charge in [0, 0.05) is 32.0 Å². The molecular formula is C18H27ClN4O3S. The van der Waals surface area contributed by atoms with Gasteiger partial charge in [-0.2, -0.15) is 9.29 Å². The molecule has 1 aliphatic heterocycles. The van der Waals surface area contributed by atoms with E-state index >= 15 is 0 Å². The van der Waals surface area contributed by atoms with Crippen LogP contribution in [-0.2, 0) is 29.3 Å². The number of hydrogen-bond donors (Lipinski definition) is 1. The standard InChI is InChI=1S/C18H26N4O3S.ClH/c1-14(19-2)13-17-20-18(25-21-17)10-7-15-5-8-16(9-6-15)26(23,24)22-11-3-4-12-22;/h5-6,8-9,14,19H,3-4,7,10-13H2,1-2H3;1H. The Morgan fingerprint density at radius 1 is 1.19 bits per heavy atom. The third-order valence-electron chi connectivity index (χ3n) is 4.75. The lowest BCUT2D eigenvalue weighted by Crippen LogP contribution is -2.27. The van der Waals surface area contributed by atoms with Gasteiger partial charge in [0.25, 0.3) is 0 Å². The number of nitrogens with one attached hydrogen (secondary N) is 1. The number of aromatic nitrogens is 2. The molecule has 1 saturated heterocycles. The van der Waals surface area contributed by atoms with E-state index in [0.717, 1.165) is 31.2 Å². The van der Waals surface area contributed by atoms with E-state index in [-0.39, 0.29) is 12.4 Å². The van der Waals surface area contributed by atoms with Crippen LogP contribution in [0.1, 0.15) is 37.0 Å². The van der Waals surface area contributed by atoms with Crippen molar-refractivity contribution in [1.29, 1.82) is 0 Å². The zero-order chi connectivity index (χ0) is 18.6. The number of rotatable bonds is 8. The molecule has 27 heavy (non-hydrogen) atoms. The highest BCUT2D eigenvalue weighted by Gasteiger charge is 2.26. The largest absolute Gasteiger partial charge is 0.339 e. The van der Waals surface area contributed by atoms with Gasteiger partial charge in [-0.15, -0.1) is 12.4 Å². The monoisotopic (exact) mass is 414 g/mol. The predicted molar refractivity (Wildman–Crippen MR) is 106 cm³/mol. The second-order valence-corrected chi connectivity index (χ2v) is 8.69. The van der Waals surface area contributed by atoms with Gasteiger partial charge in [-0.1, -0.05) is 17.3 Å². The molecule has 150 valence electrons. The average molecular weight is 415 g/mol. The Morgan fingerprint density at radius 2 is 1.85 bits per heavy atom. The van der Waals surface area contributed by atoms with Crippen LogP contribution in [0.4, 0.5) is 0 Å². The molecule has 2 heterocycles. The van der Waals surface area contributed by atoms with Gasteiger partial charge in [-0.3, -0.25) is 0 Å². The second kappa shape index (κ2) is 9.64. The SMILES string of the molecule is CNC(C)Cc1noc(CCc2ccc(S(=O)(=O)N3CCCC3)cc2)n1.Cl. The smallest absolute Gasteiger partial charge is 0.243 e. The number of nitrogens with zero attached hydrogens (tertiary/aromatic N) is 3. The van der Waals surface area contributed by atoms with E-state index in [1.807, 2.05) is 19.2 Å². The van der Waals surface area contributed by atoms with Crippen molar-refractivity contribution in [2.45, 2.75) is 50.0 Å². The average Bonchev–Trinajstić information content (AvgIpc) is 3.32. The molecule has 1 aromatic carbocycles. The highest BCUT2D eigenvalue weighted by atomic mass is 35.5. The van der Waals surface area contributed by atoms with E-state index in [1.54, 1.807) is 16.4 Å². The minimum atomic E-state index is -3.35. The van der Waals surface area contributed by atoms with Crippen molar-refractivity contribution in [1.82, 2.24) is 19.8 Å². The lowest BCUT2D eigenvalue weighted by atomic mass is 10.1. The van der Waals surface area contributed by atoms with Gasteiger partial charge in [-0.05, 0) is 50.9 Å². The molecule has 1 unspecified atom stereocenters. The Hall–Kier alpha value is -1.48. The van der Waals surface area contributed by atoms with Gasteiger partial charge in [0.15, 0.2) is 5.82 Å². The first-order chi connectivity index (χ1) is 12.5. The molecule has 1 aliphatic rings. The minimum Gasteiger partial charge on any atom is -0.339 e. The van der Waals surface area contributed by atoms with Crippen LogP contribution in [-0.4, -0.2) is 49.0 Å². The molecular weight excluding hydrogens is 388 g/mol. The van der Waals surface area contributed by atoms with Gasteiger partial charge in [0.2, 0.25) is 15.9 Å². The Kier molecular flexibility index (Phi) is 7.79. The first kappa shape index (κ1) is 21.8. The first-order valence-corrected chi connectivity index (χ1v) is 10.5. The van der Waals surface area contributed by atoms with Crippen LogP contribution >= 0.6 is 12.4 Å². The summed E-state index contributed by atoms with van der Waals surface area (Å²) in [7, 11) is -1.44. The van der Waals surface area contributed by atoms with Gasteiger partial charge >= 0.3 is 0 Å². The van der Waals surface area contributed by atoms with Crippen LogP contribution in [0.15, 0.2) is 33.7 Å². The molecule has 1 atom stereocenters. The van der Waals surface area contributed by atoms with Crippen LogP contribution in [0.5, 0.6) is 0 Å². The lowest BCUT2D eigenvalue weighted by molar-refractivity contribution is 0.371. The number of likely N-dealkylation sites (N-methyl/N-ethyl adjacent to an activating group) is 1. The highest BCUT2D eigenvalue weighted by Crippen LogP contribution is 2.21. The summed E-state index contributed by atoms with van der Waals surface area (Å²) >= 11 is 0. The zero-order valence-corrected chi connectivity index (χ0v) is 17.4. The molecule has 1 fully saturated rings. The first-order valence-electron chi connectivity index (χ1n) is 9.07. The van der Waals surface area contributed by atoms with E-state index in [9.17, 15) is 8.42 Å². The molecule has 0 spiro atoms. The topological polar surface area (TPSA) is 88.3 Å². The van der Waals surface area contributed by atoms with Crippen LogP contribution in [0.3, 0.4) is 0 Å². The Morgan fingerprint density at radius 3 is 2.48 bits per heavy atom. The van der Waals surface area contributed by atoms with Crippen molar-refractivity contribution >= 4 is 22.4 Å².